The Balaban J connectivity index is 1.45. The molecular weight excluding hydrogens is 394 g/mol. The van der Waals surface area contributed by atoms with Gasteiger partial charge in [-0.2, -0.15) is 0 Å². The van der Waals surface area contributed by atoms with Crippen molar-refractivity contribution in [1.29, 1.82) is 0 Å². The maximum absolute atomic E-state index is 13.2. The summed E-state index contributed by atoms with van der Waals surface area (Å²) in [7, 11) is 0. The van der Waals surface area contributed by atoms with Crippen molar-refractivity contribution in [1.82, 2.24) is 5.32 Å². The van der Waals surface area contributed by atoms with Gasteiger partial charge in [-0.25, -0.2) is 0 Å². The topological polar surface area (TPSA) is 66.4 Å². The second kappa shape index (κ2) is 8.54. The zero-order chi connectivity index (χ0) is 21.3. The van der Waals surface area contributed by atoms with E-state index in [1.807, 2.05) is 17.5 Å². The van der Waals surface area contributed by atoms with E-state index in [0.717, 1.165) is 40.8 Å². The molecule has 0 saturated heterocycles. The van der Waals surface area contributed by atoms with E-state index in [1.54, 1.807) is 11.3 Å². The normalized spacial score (nSPS) is 27.1. The number of amides is 1. The molecule has 1 aromatic carbocycles. The number of carboxylic acid groups (broad SMARTS) is 1. The van der Waals surface area contributed by atoms with Gasteiger partial charge in [0.15, 0.2) is 0 Å². The summed E-state index contributed by atoms with van der Waals surface area (Å²) in [4.78, 5) is 23.9. The standard InChI is InChI=1S/C25H31NO3S/c1-25(2)18-14-17(8-5-3-4-6-11-21(27)28)22(20(25)15-18)26-24(29)19-10-7-9-16-12-13-30-23(16)19/h3,5,7,9-10,12-13,17-18,20,22H,4,6,8,11,14-15H2,1-2H3,(H,26,29)(H,27,28)/b5-3-/t17-,18-,20-,22+/m0/s1. The Hall–Kier alpha value is -2.14. The van der Waals surface area contributed by atoms with E-state index < -0.39 is 5.97 Å². The van der Waals surface area contributed by atoms with Gasteiger partial charge in [-0.3, -0.25) is 9.59 Å². The fraction of sp³-hybridized carbons (Fsp3) is 0.520. The summed E-state index contributed by atoms with van der Waals surface area (Å²) in [5.74, 6) is 1.02. The molecule has 4 atom stereocenters. The van der Waals surface area contributed by atoms with Crippen molar-refractivity contribution in [2.75, 3.05) is 0 Å². The number of hydrogen-bond acceptors (Lipinski definition) is 3. The Labute approximate surface area is 182 Å². The number of thiophene rings is 1. The van der Waals surface area contributed by atoms with Gasteiger partial charge in [-0.05, 0) is 78.2 Å². The van der Waals surface area contributed by atoms with Crippen molar-refractivity contribution in [2.45, 2.75) is 58.4 Å². The van der Waals surface area contributed by atoms with Crippen molar-refractivity contribution in [3.8, 4) is 0 Å². The van der Waals surface area contributed by atoms with Crippen LogP contribution in [0.15, 0.2) is 41.8 Å². The second-order valence-corrected chi connectivity index (χ2v) is 10.4. The first-order valence-corrected chi connectivity index (χ1v) is 11.9. The zero-order valence-electron chi connectivity index (χ0n) is 17.8. The highest BCUT2D eigenvalue weighted by atomic mass is 32.1. The summed E-state index contributed by atoms with van der Waals surface area (Å²) >= 11 is 1.63. The number of hydrogen-bond donors (Lipinski definition) is 2. The fourth-order valence-corrected chi connectivity index (χ4v) is 6.44. The molecule has 5 rings (SSSR count). The van der Waals surface area contributed by atoms with E-state index in [2.05, 4.69) is 43.4 Å². The number of carboxylic acids is 1. The Bertz CT molecular complexity index is 960. The molecule has 5 heteroatoms. The minimum absolute atomic E-state index is 0.0460. The van der Waals surface area contributed by atoms with Crippen LogP contribution in [0.4, 0.5) is 0 Å². The molecule has 2 N–H and O–H groups in total. The number of benzene rings is 1. The van der Waals surface area contributed by atoms with Crippen LogP contribution in [0.2, 0.25) is 0 Å². The molecule has 0 unspecified atom stereocenters. The molecule has 1 amide bonds. The summed E-state index contributed by atoms with van der Waals surface area (Å²) in [6.45, 7) is 4.70. The van der Waals surface area contributed by atoms with Gasteiger partial charge in [0.25, 0.3) is 5.91 Å². The van der Waals surface area contributed by atoms with E-state index in [4.69, 9.17) is 5.11 Å². The Kier molecular flexibility index (Phi) is 6.01. The molecule has 0 radical (unpaired) electrons. The van der Waals surface area contributed by atoms with Crippen molar-refractivity contribution < 1.29 is 14.7 Å². The number of allylic oxidation sites excluding steroid dienone is 2. The summed E-state index contributed by atoms with van der Waals surface area (Å²) in [5, 5.41) is 15.4. The highest BCUT2D eigenvalue weighted by molar-refractivity contribution is 7.17. The molecule has 3 aliphatic carbocycles. The molecule has 2 bridgehead atoms. The Morgan fingerprint density at radius 1 is 1.23 bits per heavy atom. The van der Waals surface area contributed by atoms with Crippen LogP contribution in [-0.4, -0.2) is 23.0 Å². The van der Waals surface area contributed by atoms with E-state index in [1.165, 1.54) is 6.42 Å². The molecular formula is C25H31NO3S. The molecule has 4 nitrogen and oxygen atoms in total. The number of carbonyl (C=O) groups excluding carboxylic acids is 1. The van der Waals surface area contributed by atoms with Crippen molar-refractivity contribution in [3.05, 3.63) is 47.4 Å². The second-order valence-electron chi connectivity index (χ2n) is 9.49. The maximum atomic E-state index is 13.2. The summed E-state index contributed by atoms with van der Waals surface area (Å²) in [6, 6.07) is 8.21. The van der Waals surface area contributed by atoms with Crippen LogP contribution in [0, 0.1) is 23.2 Å². The average Bonchev–Trinajstić information content (AvgIpc) is 3.19. The average molecular weight is 426 g/mol. The SMILES string of the molecule is CC1(C)[C@H]2C[C@H](C/C=C\CCCC(=O)O)[C@@H](NC(=O)c3cccc4ccsc34)[C@@H]1C2. The van der Waals surface area contributed by atoms with Gasteiger partial charge in [-0.15, -0.1) is 11.3 Å². The lowest BCUT2D eigenvalue weighted by atomic mass is 9.44. The quantitative estimate of drug-likeness (QED) is 0.410. The van der Waals surface area contributed by atoms with Gasteiger partial charge in [0.2, 0.25) is 0 Å². The molecule has 3 saturated carbocycles. The highest BCUT2D eigenvalue weighted by Gasteiger charge is 2.57. The smallest absolute Gasteiger partial charge is 0.303 e. The van der Waals surface area contributed by atoms with Gasteiger partial charge in [-0.1, -0.05) is 38.1 Å². The van der Waals surface area contributed by atoms with Crippen LogP contribution in [0.1, 0.15) is 62.7 Å². The maximum Gasteiger partial charge on any atom is 0.303 e. The monoisotopic (exact) mass is 425 g/mol. The summed E-state index contributed by atoms with van der Waals surface area (Å²) in [5.41, 5.74) is 1.07. The summed E-state index contributed by atoms with van der Waals surface area (Å²) in [6.07, 6.45) is 9.32. The molecule has 160 valence electrons. The first kappa shape index (κ1) is 21.1. The van der Waals surface area contributed by atoms with Crippen LogP contribution >= 0.6 is 11.3 Å². The molecule has 1 aromatic heterocycles. The molecule has 3 aliphatic rings. The van der Waals surface area contributed by atoms with Gasteiger partial charge >= 0.3 is 5.97 Å². The largest absolute Gasteiger partial charge is 0.481 e. The Morgan fingerprint density at radius 2 is 2.07 bits per heavy atom. The molecule has 1 heterocycles. The van der Waals surface area contributed by atoms with Gasteiger partial charge in [0.05, 0.1) is 5.56 Å². The lowest BCUT2D eigenvalue weighted by Crippen LogP contribution is -2.63. The first-order chi connectivity index (χ1) is 14.4. The molecule has 2 aromatic rings. The number of unbranched alkanes of at least 4 members (excludes halogenated alkanes) is 1. The van der Waals surface area contributed by atoms with Crippen LogP contribution in [0.25, 0.3) is 10.1 Å². The van der Waals surface area contributed by atoms with E-state index >= 15 is 0 Å². The van der Waals surface area contributed by atoms with E-state index in [0.29, 0.717) is 18.3 Å². The first-order valence-electron chi connectivity index (χ1n) is 11.0. The molecule has 3 fully saturated rings. The number of rotatable bonds is 8. The number of aliphatic carboxylic acids is 1. The van der Waals surface area contributed by atoms with Crippen molar-refractivity contribution in [3.63, 3.8) is 0 Å². The lowest BCUT2D eigenvalue weighted by molar-refractivity contribution is -0.137. The molecule has 0 aliphatic heterocycles. The predicted octanol–water partition coefficient (Wildman–Crippen LogP) is 5.88. The van der Waals surface area contributed by atoms with E-state index in [-0.39, 0.29) is 23.8 Å². The van der Waals surface area contributed by atoms with E-state index in [9.17, 15) is 9.59 Å². The fourth-order valence-electron chi connectivity index (χ4n) is 5.53. The van der Waals surface area contributed by atoms with Gasteiger partial charge < -0.3 is 10.4 Å². The van der Waals surface area contributed by atoms with Gasteiger partial charge in [0, 0.05) is 17.2 Å². The van der Waals surface area contributed by atoms with Crippen LogP contribution < -0.4 is 5.32 Å². The van der Waals surface area contributed by atoms with Crippen molar-refractivity contribution in [2.24, 2.45) is 23.2 Å². The third-order valence-corrected chi connectivity index (χ3v) is 8.43. The Morgan fingerprint density at radius 3 is 2.83 bits per heavy atom. The number of nitrogens with one attached hydrogen (secondary N) is 1. The van der Waals surface area contributed by atoms with Gasteiger partial charge in [0.1, 0.15) is 0 Å². The van der Waals surface area contributed by atoms with Crippen LogP contribution in [0.5, 0.6) is 0 Å². The third kappa shape index (κ3) is 4.04. The van der Waals surface area contributed by atoms with Crippen molar-refractivity contribution >= 4 is 33.3 Å². The lowest BCUT2D eigenvalue weighted by Gasteiger charge is -2.62. The summed E-state index contributed by atoms with van der Waals surface area (Å²) < 4.78 is 1.06. The molecule has 30 heavy (non-hydrogen) atoms. The third-order valence-electron chi connectivity index (χ3n) is 7.46. The number of fused-ring (bicyclic) bond motifs is 3. The van der Waals surface area contributed by atoms with Crippen LogP contribution in [-0.2, 0) is 4.79 Å². The zero-order valence-corrected chi connectivity index (χ0v) is 18.6. The minimum atomic E-state index is -0.735. The number of carbonyl (C=O) groups is 2. The predicted molar refractivity (Wildman–Crippen MR) is 122 cm³/mol. The minimum Gasteiger partial charge on any atom is -0.481 e. The van der Waals surface area contributed by atoms with Crippen LogP contribution in [0.3, 0.4) is 0 Å². The molecule has 0 spiro atoms. The highest BCUT2D eigenvalue weighted by Crippen LogP contribution is 2.61.